The lowest BCUT2D eigenvalue weighted by Gasteiger charge is -2.29. The molecule has 2 heterocycles. The van der Waals surface area contributed by atoms with Gasteiger partial charge in [-0.2, -0.15) is 0 Å². The van der Waals surface area contributed by atoms with E-state index in [1.54, 1.807) is 6.07 Å². The van der Waals surface area contributed by atoms with Gasteiger partial charge in [-0.05, 0) is 30.9 Å². The molecule has 0 aliphatic carbocycles. The fourth-order valence-electron chi connectivity index (χ4n) is 2.59. The molecule has 0 saturated carbocycles. The summed E-state index contributed by atoms with van der Waals surface area (Å²) in [4.78, 5) is 21.5. The highest BCUT2D eigenvalue weighted by atomic mass is 16.1. The van der Waals surface area contributed by atoms with Gasteiger partial charge in [0, 0.05) is 13.1 Å². The topological polar surface area (TPSA) is 75.0 Å². The molecule has 1 fully saturated rings. The Morgan fingerprint density at radius 1 is 1.42 bits per heavy atom. The first-order valence-electron chi connectivity index (χ1n) is 6.68. The minimum absolute atomic E-state index is 0.434. The molecule has 1 aromatic carbocycles. The quantitative estimate of drug-likeness (QED) is 0.863. The lowest BCUT2D eigenvalue weighted by molar-refractivity contribution is 0.100. The molecule has 5 nitrogen and oxygen atoms in total. The van der Waals surface area contributed by atoms with Crippen LogP contribution in [0.1, 0.15) is 30.1 Å². The Hall–Kier alpha value is -2.04. The van der Waals surface area contributed by atoms with Crippen LogP contribution < -0.4 is 10.6 Å². The Labute approximate surface area is 111 Å². The monoisotopic (exact) mass is 258 g/mol. The number of carbonyl (C=O) groups is 1. The number of nitrogens with zero attached hydrogens (tertiary/aromatic N) is 2. The van der Waals surface area contributed by atoms with Crippen molar-refractivity contribution >= 4 is 22.9 Å². The van der Waals surface area contributed by atoms with Crippen LogP contribution in [0.4, 0.5) is 5.95 Å². The average Bonchev–Trinajstić information content (AvgIpc) is 2.82. The van der Waals surface area contributed by atoms with Gasteiger partial charge < -0.3 is 15.6 Å². The molecule has 0 atom stereocenters. The number of hydrogen-bond donors (Lipinski definition) is 2. The van der Waals surface area contributed by atoms with E-state index in [-0.39, 0.29) is 0 Å². The third-order valence-electron chi connectivity index (χ3n) is 3.85. The van der Waals surface area contributed by atoms with Gasteiger partial charge in [-0.25, -0.2) is 4.98 Å². The van der Waals surface area contributed by atoms with Crippen LogP contribution >= 0.6 is 0 Å². The minimum atomic E-state index is -0.434. The lowest BCUT2D eigenvalue weighted by Crippen LogP contribution is -2.33. The number of hydrogen-bond acceptors (Lipinski definition) is 3. The number of aromatic amines is 1. The second-order valence-corrected chi connectivity index (χ2v) is 5.30. The summed E-state index contributed by atoms with van der Waals surface area (Å²) in [5, 5.41) is 0. The van der Waals surface area contributed by atoms with Crippen LogP contribution in [-0.4, -0.2) is 29.0 Å². The number of nitrogens with one attached hydrogen (secondary N) is 1. The third kappa shape index (κ3) is 2.16. The number of H-pyrrole nitrogens is 1. The van der Waals surface area contributed by atoms with Crippen LogP contribution in [0.2, 0.25) is 0 Å². The number of anilines is 1. The molecule has 100 valence electrons. The molecule has 2 aromatic rings. The Balaban J connectivity index is 1.98. The molecule has 0 radical (unpaired) electrons. The highest BCUT2D eigenvalue weighted by Gasteiger charge is 2.19. The number of primary amides is 1. The van der Waals surface area contributed by atoms with Gasteiger partial charge >= 0.3 is 0 Å². The summed E-state index contributed by atoms with van der Waals surface area (Å²) in [6.07, 6.45) is 2.36. The Morgan fingerprint density at radius 3 is 2.84 bits per heavy atom. The number of para-hydroxylation sites is 1. The zero-order valence-corrected chi connectivity index (χ0v) is 11.0. The second kappa shape index (κ2) is 4.57. The molecule has 19 heavy (non-hydrogen) atoms. The number of piperidine rings is 1. The summed E-state index contributed by atoms with van der Waals surface area (Å²) in [5.74, 6) is 1.19. The summed E-state index contributed by atoms with van der Waals surface area (Å²) >= 11 is 0. The van der Waals surface area contributed by atoms with Crippen molar-refractivity contribution in [2.45, 2.75) is 19.8 Å². The van der Waals surface area contributed by atoms with E-state index in [4.69, 9.17) is 5.73 Å². The van der Waals surface area contributed by atoms with Gasteiger partial charge in [-0.15, -0.1) is 0 Å². The van der Waals surface area contributed by atoms with Crippen LogP contribution in [0, 0.1) is 5.92 Å². The van der Waals surface area contributed by atoms with Crippen LogP contribution in [0.15, 0.2) is 18.2 Å². The number of amides is 1. The molecule has 5 heteroatoms. The van der Waals surface area contributed by atoms with Gasteiger partial charge in [0.05, 0.1) is 11.1 Å². The predicted octanol–water partition coefficient (Wildman–Crippen LogP) is 1.90. The summed E-state index contributed by atoms with van der Waals surface area (Å²) in [6.45, 7) is 4.29. The molecule has 3 rings (SSSR count). The van der Waals surface area contributed by atoms with E-state index in [2.05, 4.69) is 21.8 Å². The molecule has 1 aliphatic heterocycles. The van der Waals surface area contributed by atoms with Gasteiger partial charge in [0.2, 0.25) is 5.95 Å². The van der Waals surface area contributed by atoms with Crippen molar-refractivity contribution in [2.75, 3.05) is 18.0 Å². The van der Waals surface area contributed by atoms with Gasteiger partial charge in [0.25, 0.3) is 5.91 Å². The summed E-state index contributed by atoms with van der Waals surface area (Å²) in [5.41, 5.74) is 7.39. The van der Waals surface area contributed by atoms with Crippen LogP contribution in [0.25, 0.3) is 11.0 Å². The Kier molecular flexibility index (Phi) is 2.89. The number of carbonyl (C=O) groups excluding carboxylic acids is 1. The molecular weight excluding hydrogens is 240 g/mol. The number of aromatic nitrogens is 2. The fourth-order valence-corrected chi connectivity index (χ4v) is 2.59. The fraction of sp³-hybridized carbons (Fsp3) is 0.429. The average molecular weight is 258 g/mol. The standard InChI is InChI=1S/C14H18N4O/c1-9-5-7-18(8-6-9)14-16-11-4-2-3-10(13(15)19)12(11)17-14/h2-4,9H,5-8H2,1H3,(H2,15,19)(H,16,17). The van der Waals surface area contributed by atoms with E-state index in [1.165, 1.54) is 12.8 Å². The molecule has 1 saturated heterocycles. The second-order valence-electron chi connectivity index (χ2n) is 5.30. The van der Waals surface area contributed by atoms with Crippen LogP contribution in [0.5, 0.6) is 0 Å². The number of nitrogens with two attached hydrogens (primary N) is 1. The molecular formula is C14H18N4O. The van der Waals surface area contributed by atoms with E-state index in [0.717, 1.165) is 30.5 Å². The zero-order chi connectivity index (χ0) is 13.4. The summed E-state index contributed by atoms with van der Waals surface area (Å²) in [6, 6.07) is 5.46. The molecule has 0 spiro atoms. The number of benzene rings is 1. The summed E-state index contributed by atoms with van der Waals surface area (Å²) < 4.78 is 0. The molecule has 3 N–H and O–H groups in total. The molecule has 0 bridgehead atoms. The lowest BCUT2D eigenvalue weighted by atomic mass is 10.00. The number of imidazole rings is 1. The predicted molar refractivity (Wildman–Crippen MR) is 75.2 cm³/mol. The van der Waals surface area contributed by atoms with Crippen molar-refractivity contribution in [3.63, 3.8) is 0 Å². The van der Waals surface area contributed by atoms with Crippen molar-refractivity contribution in [1.82, 2.24) is 9.97 Å². The highest BCUT2D eigenvalue weighted by molar-refractivity contribution is 6.04. The van der Waals surface area contributed by atoms with Gasteiger partial charge in [-0.1, -0.05) is 13.0 Å². The maximum atomic E-state index is 11.4. The number of rotatable bonds is 2. The normalized spacial score (nSPS) is 17.0. The van der Waals surface area contributed by atoms with E-state index in [0.29, 0.717) is 11.1 Å². The van der Waals surface area contributed by atoms with Crippen LogP contribution in [0.3, 0.4) is 0 Å². The molecule has 1 amide bonds. The van der Waals surface area contributed by atoms with Crippen molar-refractivity contribution in [3.05, 3.63) is 23.8 Å². The first kappa shape index (κ1) is 12.0. The maximum Gasteiger partial charge on any atom is 0.250 e. The van der Waals surface area contributed by atoms with E-state index < -0.39 is 5.91 Å². The first-order valence-corrected chi connectivity index (χ1v) is 6.68. The Morgan fingerprint density at radius 2 is 2.16 bits per heavy atom. The molecule has 1 aromatic heterocycles. The molecule has 0 unspecified atom stereocenters. The SMILES string of the molecule is CC1CCN(c2nc3c(C(N)=O)cccc3[nH]2)CC1. The van der Waals surface area contributed by atoms with E-state index in [9.17, 15) is 4.79 Å². The largest absolute Gasteiger partial charge is 0.366 e. The van der Waals surface area contributed by atoms with E-state index >= 15 is 0 Å². The van der Waals surface area contributed by atoms with Gasteiger partial charge in [0.1, 0.15) is 5.52 Å². The maximum absolute atomic E-state index is 11.4. The Bertz CT molecular complexity index is 611. The first-order chi connectivity index (χ1) is 9.15. The molecule has 1 aliphatic rings. The van der Waals surface area contributed by atoms with Crippen molar-refractivity contribution in [1.29, 1.82) is 0 Å². The zero-order valence-electron chi connectivity index (χ0n) is 11.0. The van der Waals surface area contributed by atoms with Crippen molar-refractivity contribution in [3.8, 4) is 0 Å². The van der Waals surface area contributed by atoms with Gasteiger partial charge in [-0.3, -0.25) is 4.79 Å². The highest BCUT2D eigenvalue weighted by Crippen LogP contribution is 2.24. The van der Waals surface area contributed by atoms with Crippen molar-refractivity contribution < 1.29 is 4.79 Å². The number of fused-ring (bicyclic) bond motifs is 1. The van der Waals surface area contributed by atoms with Crippen molar-refractivity contribution in [2.24, 2.45) is 11.7 Å². The smallest absolute Gasteiger partial charge is 0.250 e. The van der Waals surface area contributed by atoms with Crippen LogP contribution in [-0.2, 0) is 0 Å². The van der Waals surface area contributed by atoms with E-state index in [1.807, 2.05) is 12.1 Å². The summed E-state index contributed by atoms with van der Waals surface area (Å²) in [7, 11) is 0. The minimum Gasteiger partial charge on any atom is -0.366 e. The third-order valence-corrected chi connectivity index (χ3v) is 3.85. The van der Waals surface area contributed by atoms with Gasteiger partial charge in [0.15, 0.2) is 0 Å².